The van der Waals surface area contributed by atoms with Crippen LogP contribution in [0.4, 0.5) is 5.69 Å². The second kappa shape index (κ2) is 4.49. The zero-order valence-corrected chi connectivity index (χ0v) is 9.92. The molecule has 0 saturated heterocycles. The summed E-state index contributed by atoms with van der Waals surface area (Å²) in [5.74, 6) is 0. The third-order valence-electron chi connectivity index (χ3n) is 2.44. The lowest BCUT2D eigenvalue weighted by Crippen LogP contribution is -1.92. The van der Waals surface area contributed by atoms with Crippen molar-refractivity contribution < 1.29 is 0 Å². The fraction of sp³-hybridized carbons (Fsp3) is 0.167. The van der Waals surface area contributed by atoms with E-state index in [0.29, 0.717) is 5.15 Å². The Kier molecular flexibility index (Phi) is 3.06. The fourth-order valence-corrected chi connectivity index (χ4v) is 1.68. The summed E-state index contributed by atoms with van der Waals surface area (Å²) in [5, 5.41) is 3.56. The Labute approximate surface area is 99.5 Å². The topological polar surface area (TPSA) is 37.8 Å². The van der Waals surface area contributed by atoms with Crippen LogP contribution in [-0.4, -0.2) is 17.0 Å². The van der Waals surface area contributed by atoms with Crippen molar-refractivity contribution in [1.29, 1.82) is 0 Å². The molecule has 4 heteroatoms. The van der Waals surface area contributed by atoms with Crippen LogP contribution < -0.4 is 5.32 Å². The molecule has 1 N–H and O–H groups in total. The molecule has 0 fully saturated rings. The Hall–Kier alpha value is -1.61. The fourth-order valence-electron chi connectivity index (χ4n) is 1.53. The molecule has 1 aromatic carbocycles. The highest BCUT2D eigenvalue weighted by atomic mass is 35.5. The van der Waals surface area contributed by atoms with Crippen molar-refractivity contribution in [2.24, 2.45) is 0 Å². The molecule has 0 saturated carbocycles. The number of anilines is 1. The largest absolute Gasteiger partial charge is 0.388 e. The SMILES string of the molecule is CNc1ccc(C)c(-c2cc(Cl)ncn2)c1. The van der Waals surface area contributed by atoms with Crippen LogP contribution >= 0.6 is 11.6 Å². The van der Waals surface area contributed by atoms with Crippen molar-refractivity contribution in [1.82, 2.24) is 9.97 Å². The minimum atomic E-state index is 0.458. The van der Waals surface area contributed by atoms with Crippen LogP contribution in [0.5, 0.6) is 0 Å². The highest BCUT2D eigenvalue weighted by Crippen LogP contribution is 2.25. The Morgan fingerprint density at radius 2 is 2.00 bits per heavy atom. The van der Waals surface area contributed by atoms with Crippen LogP contribution in [0.3, 0.4) is 0 Å². The molecule has 1 aromatic heterocycles. The average molecular weight is 234 g/mol. The predicted octanol–water partition coefficient (Wildman–Crippen LogP) is 3.15. The number of aromatic nitrogens is 2. The summed E-state index contributed by atoms with van der Waals surface area (Å²) < 4.78 is 0. The van der Waals surface area contributed by atoms with Gasteiger partial charge < -0.3 is 5.32 Å². The monoisotopic (exact) mass is 233 g/mol. The van der Waals surface area contributed by atoms with Gasteiger partial charge in [-0.1, -0.05) is 17.7 Å². The number of nitrogens with one attached hydrogen (secondary N) is 1. The van der Waals surface area contributed by atoms with E-state index in [-0.39, 0.29) is 0 Å². The molecular formula is C12H12ClN3. The van der Waals surface area contributed by atoms with Gasteiger partial charge in [-0.25, -0.2) is 9.97 Å². The molecule has 1 heterocycles. The lowest BCUT2D eigenvalue weighted by atomic mass is 10.0. The zero-order valence-electron chi connectivity index (χ0n) is 9.16. The maximum atomic E-state index is 5.85. The number of hydrogen-bond donors (Lipinski definition) is 1. The lowest BCUT2D eigenvalue weighted by molar-refractivity contribution is 1.17. The summed E-state index contributed by atoms with van der Waals surface area (Å²) in [7, 11) is 1.89. The first-order valence-electron chi connectivity index (χ1n) is 4.97. The van der Waals surface area contributed by atoms with Crippen molar-refractivity contribution in [2.45, 2.75) is 6.92 Å². The summed E-state index contributed by atoms with van der Waals surface area (Å²) in [5.41, 5.74) is 4.12. The van der Waals surface area contributed by atoms with Crippen LogP contribution in [0.2, 0.25) is 5.15 Å². The van der Waals surface area contributed by atoms with Gasteiger partial charge in [0, 0.05) is 24.4 Å². The average Bonchev–Trinajstić information content (AvgIpc) is 2.30. The summed E-state index contributed by atoms with van der Waals surface area (Å²) in [6.07, 6.45) is 1.48. The van der Waals surface area contributed by atoms with E-state index in [4.69, 9.17) is 11.6 Å². The minimum Gasteiger partial charge on any atom is -0.388 e. The maximum absolute atomic E-state index is 5.85. The van der Waals surface area contributed by atoms with E-state index in [0.717, 1.165) is 22.5 Å². The summed E-state index contributed by atoms with van der Waals surface area (Å²) in [4.78, 5) is 8.10. The first kappa shape index (κ1) is 10.9. The van der Waals surface area contributed by atoms with Crippen LogP contribution in [0.25, 0.3) is 11.3 Å². The highest BCUT2D eigenvalue weighted by molar-refractivity contribution is 6.29. The van der Waals surface area contributed by atoms with Gasteiger partial charge in [0.15, 0.2) is 0 Å². The number of hydrogen-bond acceptors (Lipinski definition) is 3. The molecule has 0 amide bonds. The van der Waals surface area contributed by atoms with Gasteiger partial charge in [-0.15, -0.1) is 0 Å². The molecule has 0 aliphatic heterocycles. The van der Waals surface area contributed by atoms with E-state index in [9.17, 15) is 0 Å². The molecule has 0 spiro atoms. The molecule has 0 unspecified atom stereocenters. The molecule has 0 bridgehead atoms. The molecule has 2 aromatic rings. The number of nitrogens with zero attached hydrogens (tertiary/aromatic N) is 2. The molecule has 0 aliphatic carbocycles. The first-order valence-corrected chi connectivity index (χ1v) is 5.35. The van der Waals surface area contributed by atoms with Gasteiger partial charge in [0.25, 0.3) is 0 Å². The van der Waals surface area contributed by atoms with Crippen molar-refractivity contribution in [3.8, 4) is 11.3 Å². The van der Waals surface area contributed by atoms with E-state index >= 15 is 0 Å². The molecule has 0 aliphatic rings. The van der Waals surface area contributed by atoms with Crippen molar-refractivity contribution in [3.63, 3.8) is 0 Å². The van der Waals surface area contributed by atoms with Gasteiger partial charge in [-0.2, -0.15) is 0 Å². The van der Waals surface area contributed by atoms with Crippen molar-refractivity contribution in [3.05, 3.63) is 41.3 Å². The number of benzene rings is 1. The Bertz CT molecular complexity index is 511. The number of rotatable bonds is 2. The molecular weight excluding hydrogens is 222 g/mol. The van der Waals surface area contributed by atoms with E-state index in [1.807, 2.05) is 26.1 Å². The van der Waals surface area contributed by atoms with Crippen LogP contribution in [0.15, 0.2) is 30.6 Å². The summed E-state index contributed by atoms with van der Waals surface area (Å²) in [6, 6.07) is 7.90. The molecule has 0 atom stereocenters. The quantitative estimate of drug-likeness (QED) is 0.810. The Morgan fingerprint density at radius 3 is 2.69 bits per heavy atom. The van der Waals surface area contributed by atoms with E-state index in [1.165, 1.54) is 6.33 Å². The number of halogens is 1. The van der Waals surface area contributed by atoms with E-state index in [2.05, 4.69) is 21.4 Å². The lowest BCUT2D eigenvalue weighted by Gasteiger charge is -2.08. The van der Waals surface area contributed by atoms with Gasteiger partial charge in [0.2, 0.25) is 0 Å². The van der Waals surface area contributed by atoms with Crippen LogP contribution in [0.1, 0.15) is 5.56 Å². The second-order valence-corrected chi connectivity index (χ2v) is 3.89. The smallest absolute Gasteiger partial charge is 0.133 e. The van der Waals surface area contributed by atoms with Gasteiger partial charge in [0.05, 0.1) is 5.69 Å². The molecule has 0 radical (unpaired) electrons. The Morgan fingerprint density at radius 1 is 1.19 bits per heavy atom. The zero-order chi connectivity index (χ0) is 11.5. The van der Waals surface area contributed by atoms with Crippen molar-refractivity contribution >= 4 is 17.3 Å². The standard InChI is InChI=1S/C12H12ClN3/c1-8-3-4-9(14-2)5-10(8)11-6-12(13)16-7-15-11/h3-7,14H,1-2H3. The Balaban J connectivity index is 2.54. The molecule has 3 nitrogen and oxygen atoms in total. The van der Waals surface area contributed by atoms with Crippen LogP contribution in [-0.2, 0) is 0 Å². The minimum absolute atomic E-state index is 0.458. The molecule has 2 rings (SSSR count). The first-order chi connectivity index (χ1) is 7.70. The maximum Gasteiger partial charge on any atom is 0.133 e. The predicted molar refractivity (Wildman–Crippen MR) is 66.8 cm³/mol. The van der Waals surface area contributed by atoms with Gasteiger partial charge >= 0.3 is 0 Å². The van der Waals surface area contributed by atoms with Gasteiger partial charge in [-0.3, -0.25) is 0 Å². The summed E-state index contributed by atoms with van der Waals surface area (Å²) >= 11 is 5.85. The normalized spacial score (nSPS) is 10.2. The second-order valence-electron chi connectivity index (χ2n) is 3.51. The van der Waals surface area contributed by atoms with E-state index < -0.39 is 0 Å². The van der Waals surface area contributed by atoms with E-state index in [1.54, 1.807) is 6.07 Å². The summed E-state index contributed by atoms with van der Waals surface area (Å²) in [6.45, 7) is 2.05. The van der Waals surface area contributed by atoms with Gasteiger partial charge in [-0.05, 0) is 24.6 Å². The number of aryl methyl sites for hydroxylation is 1. The molecule has 82 valence electrons. The van der Waals surface area contributed by atoms with Crippen LogP contribution in [0, 0.1) is 6.92 Å². The highest BCUT2D eigenvalue weighted by Gasteiger charge is 2.05. The van der Waals surface area contributed by atoms with Gasteiger partial charge in [0.1, 0.15) is 11.5 Å². The third kappa shape index (κ3) is 2.14. The van der Waals surface area contributed by atoms with Crippen molar-refractivity contribution in [2.75, 3.05) is 12.4 Å². The molecule has 16 heavy (non-hydrogen) atoms. The third-order valence-corrected chi connectivity index (χ3v) is 2.64.